The fourth-order valence-electron chi connectivity index (χ4n) is 3.58. The molecule has 20 heavy (non-hydrogen) atoms. The molecule has 1 amide bonds. The van der Waals surface area contributed by atoms with Gasteiger partial charge in [0.05, 0.1) is 5.56 Å². The van der Waals surface area contributed by atoms with Crippen LogP contribution in [-0.4, -0.2) is 28.4 Å². The molecule has 0 bridgehead atoms. The number of rotatable bonds is 2. The third kappa shape index (κ3) is 2.42. The Morgan fingerprint density at radius 1 is 1.40 bits per heavy atom. The quantitative estimate of drug-likeness (QED) is 0.642. The second kappa shape index (κ2) is 5.69. The summed E-state index contributed by atoms with van der Waals surface area (Å²) in [5.74, 6) is 6.65. The Labute approximate surface area is 127 Å². The van der Waals surface area contributed by atoms with Gasteiger partial charge >= 0.3 is 0 Å². The second-order valence-corrected chi connectivity index (χ2v) is 6.51. The average Bonchev–Trinajstić information content (AvgIpc) is 2.94. The van der Waals surface area contributed by atoms with E-state index >= 15 is 0 Å². The molecule has 1 saturated carbocycles. The Balaban J connectivity index is 1.90. The van der Waals surface area contributed by atoms with Crippen LogP contribution in [0.1, 0.15) is 42.5 Å². The van der Waals surface area contributed by atoms with Gasteiger partial charge in [-0.15, -0.1) is 0 Å². The van der Waals surface area contributed by atoms with E-state index in [-0.39, 0.29) is 5.91 Å². The normalized spacial score (nSPS) is 25.4. The van der Waals surface area contributed by atoms with Crippen LogP contribution in [0, 0.1) is 5.92 Å². The zero-order valence-electron chi connectivity index (χ0n) is 11.3. The van der Waals surface area contributed by atoms with Crippen LogP contribution in [0.5, 0.6) is 0 Å². The van der Waals surface area contributed by atoms with Crippen molar-refractivity contribution in [2.75, 3.05) is 12.0 Å². The third-order valence-corrected chi connectivity index (χ3v) is 4.91. The van der Waals surface area contributed by atoms with Crippen molar-refractivity contribution in [3.05, 3.63) is 22.3 Å². The fraction of sp³-hybridized carbons (Fsp3) is 0.571. The van der Waals surface area contributed by atoms with Crippen molar-refractivity contribution < 1.29 is 4.79 Å². The van der Waals surface area contributed by atoms with E-state index in [1.54, 1.807) is 12.3 Å². The van der Waals surface area contributed by atoms with Crippen LogP contribution in [0.3, 0.4) is 0 Å². The molecule has 2 fully saturated rings. The summed E-state index contributed by atoms with van der Waals surface area (Å²) in [4.78, 5) is 19.0. The Bertz CT molecular complexity index is 522. The number of likely N-dealkylation sites (tertiary alicyclic amines) is 1. The van der Waals surface area contributed by atoms with Gasteiger partial charge in [-0.3, -0.25) is 4.79 Å². The predicted octanol–water partition coefficient (Wildman–Crippen LogP) is 2.53. The lowest BCUT2D eigenvalue weighted by Gasteiger charge is -2.38. The number of hydrogen-bond donors (Lipinski definition) is 2. The van der Waals surface area contributed by atoms with Crippen molar-refractivity contribution in [1.82, 2.24) is 9.88 Å². The Morgan fingerprint density at radius 3 is 3.00 bits per heavy atom. The molecule has 0 aromatic carbocycles. The maximum atomic E-state index is 12.8. The summed E-state index contributed by atoms with van der Waals surface area (Å²) in [6, 6.07) is 2.20. The van der Waals surface area contributed by atoms with Crippen molar-refractivity contribution in [3.8, 4) is 0 Å². The van der Waals surface area contributed by atoms with E-state index < -0.39 is 0 Å². The first-order valence-electron chi connectivity index (χ1n) is 7.14. The number of aromatic nitrogens is 1. The van der Waals surface area contributed by atoms with Crippen LogP contribution in [0.15, 0.2) is 16.7 Å². The van der Waals surface area contributed by atoms with E-state index in [0.29, 0.717) is 23.3 Å². The van der Waals surface area contributed by atoms with Gasteiger partial charge in [0.1, 0.15) is 0 Å². The van der Waals surface area contributed by atoms with Gasteiger partial charge < -0.3 is 10.3 Å². The van der Waals surface area contributed by atoms with E-state index in [9.17, 15) is 4.79 Å². The van der Waals surface area contributed by atoms with Crippen LogP contribution in [0.2, 0.25) is 0 Å². The molecule has 0 radical (unpaired) electrons. The highest BCUT2D eigenvalue weighted by Crippen LogP contribution is 2.37. The number of anilines is 1. The van der Waals surface area contributed by atoms with Gasteiger partial charge in [0.25, 0.3) is 5.91 Å². The lowest BCUT2D eigenvalue weighted by atomic mass is 9.91. The van der Waals surface area contributed by atoms with Gasteiger partial charge in [-0.2, -0.15) is 0 Å². The van der Waals surface area contributed by atoms with Crippen LogP contribution >= 0.6 is 15.9 Å². The van der Waals surface area contributed by atoms with Crippen LogP contribution in [0.4, 0.5) is 5.82 Å². The second-order valence-electron chi connectivity index (χ2n) is 5.59. The van der Waals surface area contributed by atoms with E-state index in [4.69, 9.17) is 5.84 Å². The number of carbonyl (C=O) groups is 1. The minimum absolute atomic E-state index is 0.0448. The number of carbonyl (C=O) groups excluding carboxylic acids is 1. The summed E-state index contributed by atoms with van der Waals surface area (Å²) in [5, 5.41) is 0. The van der Waals surface area contributed by atoms with Gasteiger partial charge in [-0.05, 0) is 53.6 Å². The van der Waals surface area contributed by atoms with Crippen LogP contribution < -0.4 is 11.3 Å². The molecular formula is C14H19BrN4O. The number of amides is 1. The molecule has 1 aromatic heterocycles. The van der Waals surface area contributed by atoms with Gasteiger partial charge in [0.2, 0.25) is 0 Å². The minimum Gasteiger partial charge on any atom is -0.335 e. The number of piperidine rings is 1. The molecule has 0 spiro atoms. The largest absolute Gasteiger partial charge is 0.335 e. The monoisotopic (exact) mass is 338 g/mol. The van der Waals surface area contributed by atoms with Crippen molar-refractivity contribution in [2.45, 2.75) is 38.1 Å². The number of nitrogens with two attached hydrogens (primary N) is 1. The lowest BCUT2D eigenvalue weighted by Crippen LogP contribution is -2.46. The zero-order valence-corrected chi connectivity index (χ0v) is 12.9. The summed E-state index contributed by atoms with van der Waals surface area (Å²) in [5.41, 5.74) is 3.07. The molecule has 1 aromatic rings. The first kappa shape index (κ1) is 13.8. The highest BCUT2D eigenvalue weighted by atomic mass is 79.9. The topological polar surface area (TPSA) is 71.2 Å². The van der Waals surface area contributed by atoms with E-state index in [1.165, 1.54) is 19.3 Å². The van der Waals surface area contributed by atoms with Crippen molar-refractivity contribution in [3.63, 3.8) is 0 Å². The maximum Gasteiger partial charge on any atom is 0.257 e. The summed E-state index contributed by atoms with van der Waals surface area (Å²) in [7, 11) is 0. The number of hydrazine groups is 1. The number of fused-ring (bicyclic) bond motifs is 1. The fourth-order valence-corrected chi connectivity index (χ4v) is 3.91. The number of nitrogens with zero attached hydrogens (tertiary/aromatic N) is 2. The average molecular weight is 339 g/mol. The molecule has 3 rings (SSSR count). The smallest absolute Gasteiger partial charge is 0.257 e. The summed E-state index contributed by atoms with van der Waals surface area (Å²) in [6.07, 6.45) is 7.61. The number of nitrogen functional groups attached to an aromatic ring is 1. The molecule has 2 aliphatic rings. The Kier molecular flexibility index (Phi) is 3.94. The zero-order chi connectivity index (χ0) is 14.1. The molecule has 2 heterocycles. The van der Waals surface area contributed by atoms with Gasteiger partial charge in [0.15, 0.2) is 5.82 Å². The highest BCUT2D eigenvalue weighted by Gasteiger charge is 2.38. The maximum absolute atomic E-state index is 12.8. The van der Waals surface area contributed by atoms with Gasteiger partial charge in [0, 0.05) is 23.3 Å². The number of hydrogen-bond acceptors (Lipinski definition) is 4. The first-order valence-corrected chi connectivity index (χ1v) is 7.93. The summed E-state index contributed by atoms with van der Waals surface area (Å²) < 4.78 is 0.792. The van der Waals surface area contributed by atoms with E-state index in [1.807, 2.05) is 4.90 Å². The molecule has 2 atom stereocenters. The standard InChI is InChI=1S/C14H19BrN4O/c15-10-7-11(13(18-16)17-8-10)14(20)19-6-2-4-9-3-1-5-12(9)19/h7-9,12H,1-6,16H2,(H,17,18). The predicted molar refractivity (Wildman–Crippen MR) is 81.1 cm³/mol. The summed E-state index contributed by atoms with van der Waals surface area (Å²) in [6.45, 7) is 0.844. The number of nitrogens with one attached hydrogen (secondary N) is 1. The molecular weight excluding hydrogens is 320 g/mol. The first-order chi connectivity index (χ1) is 9.70. The Morgan fingerprint density at radius 2 is 2.20 bits per heavy atom. The highest BCUT2D eigenvalue weighted by molar-refractivity contribution is 9.10. The van der Waals surface area contributed by atoms with Crippen LogP contribution in [-0.2, 0) is 0 Å². The molecule has 5 nitrogen and oxygen atoms in total. The van der Waals surface area contributed by atoms with Crippen molar-refractivity contribution >= 4 is 27.7 Å². The van der Waals surface area contributed by atoms with Gasteiger partial charge in [-0.25, -0.2) is 10.8 Å². The minimum atomic E-state index is 0.0448. The number of pyridine rings is 1. The third-order valence-electron chi connectivity index (χ3n) is 4.48. The molecule has 6 heteroatoms. The molecule has 108 valence electrons. The molecule has 3 N–H and O–H groups in total. The molecule has 2 unspecified atom stereocenters. The molecule has 1 saturated heterocycles. The SMILES string of the molecule is NNc1ncc(Br)cc1C(=O)N1CCCC2CCCC21. The molecule has 1 aliphatic heterocycles. The van der Waals surface area contributed by atoms with E-state index in [2.05, 4.69) is 26.3 Å². The molecule has 1 aliphatic carbocycles. The van der Waals surface area contributed by atoms with Crippen molar-refractivity contribution in [2.24, 2.45) is 11.8 Å². The Hall–Kier alpha value is -1.14. The van der Waals surface area contributed by atoms with E-state index in [0.717, 1.165) is 23.9 Å². The lowest BCUT2D eigenvalue weighted by molar-refractivity contribution is 0.0549. The van der Waals surface area contributed by atoms with Gasteiger partial charge in [-0.1, -0.05) is 6.42 Å². The number of halogens is 1. The summed E-state index contributed by atoms with van der Waals surface area (Å²) >= 11 is 3.37. The van der Waals surface area contributed by atoms with Crippen LogP contribution in [0.25, 0.3) is 0 Å². The van der Waals surface area contributed by atoms with Crippen molar-refractivity contribution in [1.29, 1.82) is 0 Å².